The van der Waals surface area contributed by atoms with Crippen molar-refractivity contribution in [2.75, 3.05) is 5.32 Å². The van der Waals surface area contributed by atoms with Gasteiger partial charge in [-0.25, -0.2) is 19.3 Å². The Hall–Kier alpha value is -2.54. The molecule has 0 bridgehead atoms. The summed E-state index contributed by atoms with van der Waals surface area (Å²) >= 11 is 3.43. The summed E-state index contributed by atoms with van der Waals surface area (Å²) in [4.78, 5) is 12.9. The smallest absolute Gasteiger partial charge is 0.137 e. The average Bonchev–Trinajstić information content (AvgIpc) is 2.94. The van der Waals surface area contributed by atoms with E-state index in [0.717, 1.165) is 15.8 Å². The zero-order valence-corrected chi connectivity index (χ0v) is 13.5. The van der Waals surface area contributed by atoms with Crippen LogP contribution in [-0.4, -0.2) is 19.4 Å². The molecule has 7 heteroatoms. The molecule has 0 spiro atoms. The van der Waals surface area contributed by atoms with Gasteiger partial charge in [0, 0.05) is 22.3 Å². The maximum absolute atomic E-state index is 13.5. The maximum atomic E-state index is 13.5. The van der Waals surface area contributed by atoms with Crippen molar-refractivity contribution in [3.05, 3.63) is 65.0 Å². The first-order valence-corrected chi connectivity index (χ1v) is 7.75. The SMILES string of the molecule is Fc1ccc2ncnc(NCc3cn4cc(Br)ccc4n3)c2c1. The fourth-order valence-corrected chi connectivity index (χ4v) is 2.80. The Morgan fingerprint density at radius 2 is 2.04 bits per heavy atom. The van der Waals surface area contributed by atoms with Crippen molar-refractivity contribution < 1.29 is 4.39 Å². The topological polar surface area (TPSA) is 55.1 Å². The lowest BCUT2D eigenvalue weighted by Gasteiger charge is -2.06. The van der Waals surface area contributed by atoms with Gasteiger partial charge in [-0.15, -0.1) is 0 Å². The number of rotatable bonds is 3. The highest BCUT2D eigenvalue weighted by atomic mass is 79.9. The second-order valence-electron chi connectivity index (χ2n) is 5.08. The van der Waals surface area contributed by atoms with E-state index in [1.54, 1.807) is 6.07 Å². The van der Waals surface area contributed by atoms with E-state index < -0.39 is 0 Å². The van der Waals surface area contributed by atoms with E-state index >= 15 is 0 Å². The lowest BCUT2D eigenvalue weighted by molar-refractivity contribution is 0.629. The summed E-state index contributed by atoms with van der Waals surface area (Å²) < 4.78 is 16.4. The van der Waals surface area contributed by atoms with Crippen molar-refractivity contribution in [1.82, 2.24) is 19.4 Å². The number of hydrogen-bond donors (Lipinski definition) is 1. The van der Waals surface area contributed by atoms with Gasteiger partial charge >= 0.3 is 0 Å². The number of halogens is 2. The van der Waals surface area contributed by atoms with Crippen LogP contribution in [0.25, 0.3) is 16.6 Å². The van der Waals surface area contributed by atoms with Crippen LogP contribution in [-0.2, 0) is 6.54 Å². The quantitative estimate of drug-likeness (QED) is 0.595. The highest BCUT2D eigenvalue weighted by Gasteiger charge is 2.07. The number of nitrogens with one attached hydrogen (secondary N) is 1. The second kappa shape index (κ2) is 5.58. The summed E-state index contributed by atoms with van der Waals surface area (Å²) in [6.07, 6.45) is 5.35. The van der Waals surface area contributed by atoms with Gasteiger partial charge in [0.1, 0.15) is 23.6 Å². The first kappa shape index (κ1) is 14.1. The third kappa shape index (κ3) is 2.75. The van der Waals surface area contributed by atoms with E-state index in [0.29, 0.717) is 23.3 Å². The molecule has 0 amide bonds. The van der Waals surface area contributed by atoms with Gasteiger partial charge in [-0.3, -0.25) is 0 Å². The first-order valence-electron chi connectivity index (χ1n) is 6.96. The molecule has 0 aliphatic rings. The van der Waals surface area contributed by atoms with Gasteiger partial charge in [-0.05, 0) is 46.3 Å². The van der Waals surface area contributed by atoms with Crippen LogP contribution in [0.2, 0.25) is 0 Å². The lowest BCUT2D eigenvalue weighted by Crippen LogP contribution is -2.03. The van der Waals surface area contributed by atoms with Gasteiger partial charge in [0.25, 0.3) is 0 Å². The van der Waals surface area contributed by atoms with Gasteiger partial charge in [0.15, 0.2) is 0 Å². The lowest BCUT2D eigenvalue weighted by atomic mass is 10.2. The Balaban J connectivity index is 1.64. The summed E-state index contributed by atoms with van der Waals surface area (Å²) in [6.45, 7) is 0.488. The summed E-state index contributed by atoms with van der Waals surface area (Å²) in [5.41, 5.74) is 2.43. The number of anilines is 1. The number of hydrogen-bond acceptors (Lipinski definition) is 4. The minimum absolute atomic E-state index is 0.312. The van der Waals surface area contributed by atoms with Gasteiger partial charge in [0.2, 0.25) is 0 Å². The fraction of sp³-hybridized carbons (Fsp3) is 0.0625. The standard InChI is InChI=1S/C16H11BrFN5/c17-10-1-4-15-22-12(8-23(15)7-10)6-19-16-13-5-11(18)2-3-14(13)20-9-21-16/h1-5,7-9H,6H2,(H,19,20,21). The van der Waals surface area contributed by atoms with Gasteiger partial charge in [-0.2, -0.15) is 0 Å². The molecule has 23 heavy (non-hydrogen) atoms. The van der Waals surface area contributed by atoms with Crippen LogP contribution in [0.3, 0.4) is 0 Å². The molecule has 0 atom stereocenters. The van der Waals surface area contributed by atoms with E-state index in [2.05, 4.69) is 36.2 Å². The number of pyridine rings is 1. The number of benzene rings is 1. The van der Waals surface area contributed by atoms with Crippen molar-refractivity contribution >= 4 is 38.3 Å². The molecule has 5 nitrogen and oxygen atoms in total. The Bertz CT molecular complexity index is 1010. The molecule has 0 saturated heterocycles. The number of nitrogens with zero attached hydrogens (tertiary/aromatic N) is 4. The maximum Gasteiger partial charge on any atom is 0.137 e. The second-order valence-corrected chi connectivity index (χ2v) is 6.00. The molecule has 0 fully saturated rings. The number of imidazole rings is 1. The molecule has 4 rings (SSSR count). The van der Waals surface area contributed by atoms with Crippen LogP contribution in [0, 0.1) is 5.82 Å². The molecule has 1 N–H and O–H groups in total. The third-order valence-corrected chi connectivity index (χ3v) is 3.97. The van der Waals surface area contributed by atoms with Crippen molar-refractivity contribution in [2.24, 2.45) is 0 Å². The van der Waals surface area contributed by atoms with Gasteiger partial charge in [-0.1, -0.05) is 0 Å². The Kier molecular flexibility index (Phi) is 3.42. The zero-order chi connectivity index (χ0) is 15.8. The molecule has 0 aliphatic carbocycles. The molecule has 0 unspecified atom stereocenters. The third-order valence-electron chi connectivity index (χ3n) is 3.50. The van der Waals surface area contributed by atoms with Crippen LogP contribution in [0.15, 0.2) is 53.5 Å². The monoisotopic (exact) mass is 371 g/mol. The van der Waals surface area contributed by atoms with Crippen LogP contribution in [0.4, 0.5) is 10.2 Å². The van der Waals surface area contributed by atoms with Crippen LogP contribution in [0.1, 0.15) is 5.69 Å². The number of fused-ring (bicyclic) bond motifs is 2. The summed E-state index contributed by atoms with van der Waals surface area (Å²) in [5.74, 6) is 0.278. The van der Waals surface area contributed by atoms with Crippen molar-refractivity contribution in [3.8, 4) is 0 Å². The predicted octanol–water partition coefficient (Wildman–Crippen LogP) is 3.79. The van der Waals surface area contributed by atoms with Gasteiger partial charge in [0.05, 0.1) is 17.8 Å². The molecule has 114 valence electrons. The van der Waals surface area contributed by atoms with E-state index in [-0.39, 0.29) is 5.82 Å². The molecule has 1 aromatic carbocycles. The van der Waals surface area contributed by atoms with Crippen molar-refractivity contribution in [3.63, 3.8) is 0 Å². The van der Waals surface area contributed by atoms with Crippen molar-refractivity contribution in [1.29, 1.82) is 0 Å². The summed E-state index contributed by atoms with van der Waals surface area (Å²) in [7, 11) is 0. The predicted molar refractivity (Wildman–Crippen MR) is 89.7 cm³/mol. The fourth-order valence-electron chi connectivity index (χ4n) is 2.45. The van der Waals surface area contributed by atoms with Crippen LogP contribution in [0.5, 0.6) is 0 Å². The first-order chi connectivity index (χ1) is 11.2. The highest BCUT2D eigenvalue weighted by Crippen LogP contribution is 2.21. The van der Waals surface area contributed by atoms with E-state index in [1.807, 2.05) is 28.9 Å². The van der Waals surface area contributed by atoms with E-state index in [4.69, 9.17) is 0 Å². The molecular formula is C16H11BrFN5. The molecule has 3 aromatic heterocycles. The zero-order valence-electron chi connectivity index (χ0n) is 11.9. The minimum Gasteiger partial charge on any atom is -0.364 e. The summed E-state index contributed by atoms with van der Waals surface area (Å²) in [6, 6.07) is 8.33. The molecule has 0 radical (unpaired) electrons. The van der Waals surface area contributed by atoms with Crippen LogP contribution < -0.4 is 5.32 Å². The molecule has 3 heterocycles. The van der Waals surface area contributed by atoms with Gasteiger partial charge < -0.3 is 9.72 Å². The summed E-state index contributed by atoms with van der Waals surface area (Å²) in [5, 5.41) is 3.85. The Morgan fingerprint density at radius 1 is 1.13 bits per heavy atom. The molecule has 0 saturated carbocycles. The minimum atomic E-state index is -0.312. The Labute approximate surface area is 139 Å². The van der Waals surface area contributed by atoms with E-state index in [1.165, 1.54) is 18.5 Å². The highest BCUT2D eigenvalue weighted by molar-refractivity contribution is 9.10. The Morgan fingerprint density at radius 3 is 2.96 bits per heavy atom. The van der Waals surface area contributed by atoms with Crippen molar-refractivity contribution in [2.45, 2.75) is 6.54 Å². The normalized spacial score (nSPS) is 11.2. The molecular weight excluding hydrogens is 361 g/mol. The van der Waals surface area contributed by atoms with Crippen LogP contribution >= 0.6 is 15.9 Å². The number of aromatic nitrogens is 4. The van der Waals surface area contributed by atoms with E-state index in [9.17, 15) is 4.39 Å². The molecule has 4 aromatic rings. The average molecular weight is 372 g/mol. The molecule has 0 aliphatic heterocycles. The largest absolute Gasteiger partial charge is 0.364 e.